The number of oxime groups is 1. The molecule has 1 aliphatic heterocycles. The minimum atomic E-state index is -0.990. The molecule has 0 saturated carbocycles. The van der Waals surface area contributed by atoms with Gasteiger partial charge in [-0.05, 0) is 39.0 Å². The summed E-state index contributed by atoms with van der Waals surface area (Å²) in [5.74, 6) is -0.157. The van der Waals surface area contributed by atoms with E-state index in [1.165, 1.54) is 6.33 Å². The molecule has 0 aliphatic carbocycles. The lowest BCUT2D eigenvalue weighted by Gasteiger charge is -2.21. The summed E-state index contributed by atoms with van der Waals surface area (Å²) in [6.45, 7) is 5.60. The van der Waals surface area contributed by atoms with Gasteiger partial charge >= 0.3 is 0 Å². The van der Waals surface area contributed by atoms with Crippen LogP contribution < -0.4 is 5.32 Å². The van der Waals surface area contributed by atoms with Crippen molar-refractivity contribution in [2.45, 2.75) is 38.8 Å². The quantitative estimate of drug-likeness (QED) is 0.757. The SMILES string of the molecule is CC(C)NC(=O)C1(C)CC(c2ccc3ncc(-c4cncnc4)cc3c2)=NO1. The number of hydrogen-bond acceptors (Lipinski definition) is 6. The first-order chi connectivity index (χ1) is 13.4. The molecule has 3 aromatic rings. The maximum Gasteiger partial charge on any atom is 0.267 e. The third kappa shape index (κ3) is 3.43. The van der Waals surface area contributed by atoms with Crippen LogP contribution in [-0.4, -0.2) is 38.2 Å². The molecular weight excluding hydrogens is 354 g/mol. The van der Waals surface area contributed by atoms with Crippen molar-refractivity contribution in [1.82, 2.24) is 20.3 Å². The number of nitrogens with zero attached hydrogens (tertiary/aromatic N) is 4. The van der Waals surface area contributed by atoms with Crippen molar-refractivity contribution in [3.8, 4) is 11.1 Å². The largest absolute Gasteiger partial charge is 0.379 e. The highest BCUT2D eigenvalue weighted by Crippen LogP contribution is 2.29. The highest BCUT2D eigenvalue weighted by atomic mass is 16.7. The lowest BCUT2D eigenvalue weighted by atomic mass is 9.94. The fraction of sp³-hybridized carbons (Fsp3) is 0.286. The lowest BCUT2D eigenvalue weighted by Crippen LogP contribution is -2.47. The second-order valence-electron chi connectivity index (χ2n) is 7.42. The zero-order valence-electron chi connectivity index (χ0n) is 16.0. The van der Waals surface area contributed by atoms with Crippen LogP contribution in [0.5, 0.6) is 0 Å². The van der Waals surface area contributed by atoms with E-state index in [9.17, 15) is 4.79 Å². The average molecular weight is 375 g/mol. The van der Waals surface area contributed by atoms with Crippen molar-refractivity contribution in [3.63, 3.8) is 0 Å². The lowest BCUT2D eigenvalue weighted by molar-refractivity contribution is -0.142. The van der Waals surface area contributed by atoms with Crippen LogP contribution in [0, 0.1) is 0 Å². The molecule has 4 rings (SSSR count). The number of rotatable bonds is 4. The molecule has 1 aliphatic rings. The van der Waals surface area contributed by atoms with Gasteiger partial charge in [-0.25, -0.2) is 9.97 Å². The van der Waals surface area contributed by atoms with Gasteiger partial charge < -0.3 is 10.2 Å². The molecule has 0 saturated heterocycles. The number of benzene rings is 1. The number of aromatic nitrogens is 3. The molecule has 2 aromatic heterocycles. The van der Waals surface area contributed by atoms with Crippen LogP contribution in [0.1, 0.15) is 32.8 Å². The van der Waals surface area contributed by atoms with Crippen molar-refractivity contribution in [1.29, 1.82) is 0 Å². The molecule has 142 valence electrons. The van der Waals surface area contributed by atoms with Gasteiger partial charge in [0.2, 0.25) is 5.60 Å². The summed E-state index contributed by atoms with van der Waals surface area (Å²) < 4.78 is 0. The number of amides is 1. The molecule has 1 amide bonds. The van der Waals surface area contributed by atoms with Gasteiger partial charge in [-0.3, -0.25) is 9.78 Å². The van der Waals surface area contributed by atoms with Crippen molar-refractivity contribution in [2.24, 2.45) is 5.16 Å². The van der Waals surface area contributed by atoms with Gasteiger partial charge in [-0.1, -0.05) is 11.2 Å². The van der Waals surface area contributed by atoms with E-state index in [1.54, 1.807) is 19.3 Å². The first kappa shape index (κ1) is 18.0. The number of carbonyl (C=O) groups excluding carboxylic acids is 1. The third-order valence-electron chi connectivity index (χ3n) is 4.67. The Morgan fingerprint density at radius 1 is 1.11 bits per heavy atom. The molecule has 0 bridgehead atoms. The highest BCUT2D eigenvalue weighted by molar-refractivity contribution is 6.07. The molecular formula is C21H21N5O2. The number of nitrogens with one attached hydrogen (secondary N) is 1. The Kier molecular flexibility index (Phi) is 4.50. The van der Waals surface area contributed by atoms with Crippen LogP contribution in [0.25, 0.3) is 22.0 Å². The van der Waals surface area contributed by atoms with E-state index < -0.39 is 5.60 Å². The second kappa shape index (κ2) is 6.99. The Hall–Kier alpha value is -3.35. The minimum absolute atomic E-state index is 0.0455. The van der Waals surface area contributed by atoms with Gasteiger partial charge in [-0.2, -0.15) is 0 Å². The highest BCUT2D eigenvalue weighted by Gasteiger charge is 2.42. The summed E-state index contributed by atoms with van der Waals surface area (Å²) in [4.78, 5) is 30.6. The third-order valence-corrected chi connectivity index (χ3v) is 4.67. The number of carbonyl (C=O) groups is 1. The molecule has 7 heteroatoms. The number of pyridine rings is 1. The van der Waals surface area contributed by atoms with Crippen LogP contribution in [0.2, 0.25) is 0 Å². The monoisotopic (exact) mass is 375 g/mol. The van der Waals surface area contributed by atoms with Gasteiger partial charge in [0.15, 0.2) is 0 Å². The number of hydrogen-bond donors (Lipinski definition) is 1. The van der Waals surface area contributed by atoms with Crippen LogP contribution in [0.4, 0.5) is 0 Å². The van der Waals surface area contributed by atoms with Gasteiger partial charge in [0.1, 0.15) is 6.33 Å². The topological polar surface area (TPSA) is 89.4 Å². The van der Waals surface area contributed by atoms with Crippen molar-refractivity contribution < 1.29 is 9.63 Å². The summed E-state index contributed by atoms with van der Waals surface area (Å²) in [6, 6.07) is 8.01. The van der Waals surface area contributed by atoms with Gasteiger partial charge in [0.25, 0.3) is 5.91 Å². The number of fused-ring (bicyclic) bond motifs is 1. The molecule has 28 heavy (non-hydrogen) atoms. The Labute approximate surface area is 162 Å². The molecule has 3 heterocycles. The predicted octanol–water partition coefficient (Wildman–Crippen LogP) is 3.10. The van der Waals surface area contributed by atoms with E-state index >= 15 is 0 Å². The summed E-state index contributed by atoms with van der Waals surface area (Å²) in [5, 5.41) is 8.06. The van der Waals surface area contributed by atoms with Crippen molar-refractivity contribution in [2.75, 3.05) is 0 Å². The molecule has 1 atom stereocenters. The minimum Gasteiger partial charge on any atom is -0.379 e. The normalized spacial score (nSPS) is 18.8. The molecule has 0 spiro atoms. The average Bonchev–Trinajstić information content (AvgIpc) is 3.11. The summed E-state index contributed by atoms with van der Waals surface area (Å²) in [6.07, 6.45) is 7.24. The second-order valence-corrected chi connectivity index (χ2v) is 7.42. The molecule has 0 radical (unpaired) electrons. The van der Waals surface area contributed by atoms with Gasteiger partial charge in [0, 0.05) is 53.1 Å². The molecule has 1 aromatic carbocycles. The zero-order valence-corrected chi connectivity index (χ0v) is 16.0. The first-order valence-electron chi connectivity index (χ1n) is 9.16. The smallest absolute Gasteiger partial charge is 0.267 e. The van der Waals surface area contributed by atoms with Crippen molar-refractivity contribution >= 4 is 22.5 Å². The molecule has 1 N–H and O–H groups in total. The first-order valence-corrected chi connectivity index (χ1v) is 9.16. The molecule has 7 nitrogen and oxygen atoms in total. The maximum atomic E-state index is 12.4. The van der Waals surface area contributed by atoms with E-state index in [1.807, 2.05) is 44.3 Å². The fourth-order valence-electron chi connectivity index (χ4n) is 3.15. The van der Waals surface area contributed by atoms with Gasteiger partial charge in [0.05, 0.1) is 11.2 Å². The Morgan fingerprint density at radius 2 is 1.86 bits per heavy atom. The molecule has 1 unspecified atom stereocenters. The van der Waals surface area contributed by atoms with Crippen LogP contribution in [0.15, 0.2) is 54.3 Å². The van der Waals surface area contributed by atoms with E-state index in [-0.39, 0.29) is 11.9 Å². The Bertz CT molecular complexity index is 1060. The van der Waals surface area contributed by atoms with Gasteiger partial charge in [-0.15, -0.1) is 0 Å². The standard InChI is InChI=1S/C21H21N5O2/c1-13(2)25-20(27)21(3)8-19(26-28-21)14-4-5-18-15(6-14)7-16(11-24-18)17-9-22-12-23-10-17/h4-7,9-13H,8H2,1-3H3,(H,25,27). The van der Waals surface area contributed by atoms with Crippen LogP contribution in [0.3, 0.4) is 0 Å². The summed E-state index contributed by atoms with van der Waals surface area (Å²) >= 11 is 0. The van der Waals surface area contributed by atoms with Crippen molar-refractivity contribution in [3.05, 3.63) is 54.7 Å². The van der Waals surface area contributed by atoms with Crippen LogP contribution in [-0.2, 0) is 9.63 Å². The summed E-state index contributed by atoms with van der Waals surface area (Å²) in [5.41, 5.74) is 3.39. The maximum absolute atomic E-state index is 12.4. The Balaban J connectivity index is 1.62. The van der Waals surface area contributed by atoms with E-state index in [4.69, 9.17) is 4.84 Å². The van der Waals surface area contributed by atoms with E-state index in [0.29, 0.717) is 6.42 Å². The van der Waals surface area contributed by atoms with Crippen LogP contribution >= 0.6 is 0 Å². The Morgan fingerprint density at radius 3 is 2.61 bits per heavy atom. The van der Waals surface area contributed by atoms with E-state index in [2.05, 4.69) is 25.4 Å². The zero-order chi connectivity index (χ0) is 19.7. The van der Waals surface area contributed by atoms with E-state index in [0.717, 1.165) is 33.3 Å². The predicted molar refractivity (Wildman–Crippen MR) is 107 cm³/mol. The summed E-state index contributed by atoms with van der Waals surface area (Å²) in [7, 11) is 0. The fourth-order valence-corrected chi connectivity index (χ4v) is 3.15. The molecule has 0 fully saturated rings.